The SMILES string of the molecule is c1cc(-c2ccc3oc4ccccc4c3c2)cc(-c2ccc3oc4cc5c(cc4c3c2)oc2ccc(-n3c4ccccc4c4ccccc43)cc25)c1. The third-order valence-corrected chi connectivity index (χ3v) is 10.8. The Labute approximate surface area is 296 Å². The van der Waals surface area contributed by atoms with E-state index in [1.807, 2.05) is 12.1 Å². The molecule has 8 aromatic carbocycles. The van der Waals surface area contributed by atoms with E-state index in [-0.39, 0.29) is 0 Å². The minimum absolute atomic E-state index is 0.846. The summed E-state index contributed by atoms with van der Waals surface area (Å²) in [7, 11) is 0. The van der Waals surface area contributed by atoms with E-state index in [1.54, 1.807) is 0 Å². The summed E-state index contributed by atoms with van der Waals surface area (Å²) in [5.41, 5.74) is 13.3. The van der Waals surface area contributed by atoms with Gasteiger partial charge in [0.2, 0.25) is 0 Å². The lowest BCUT2D eigenvalue weighted by Gasteiger charge is -2.07. The molecule has 0 bridgehead atoms. The third-order valence-electron chi connectivity index (χ3n) is 10.8. The minimum atomic E-state index is 0.846. The van der Waals surface area contributed by atoms with Gasteiger partial charge in [-0.25, -0.2) is 0 Å². The zero-order chi connectivity index (χ0) is 33.9. The van der Waals surface area contributed by atoms with Crippen LogP contribution in [0.2, 0.25) is 0 Å². The van der Waals surface area contributed by atoms with Crippen LogP contribution in [0.4, 0.5) is 0 Å². The molecular formula is C48H27NO3. The van der Waals surface area contributed by atoms with Gasteiger partial charge in [0, 0.05) is 48.8 Å². The fourth-order valence-electron chi connectivity index (χ4n) is 8.34. The van der Waals surface area contributed by atoms with Crippen LogP contribution < -0.4 is 0 Å². The first kappa shape index (κ1) is 27.7. The fourth-order valence-corrected chi connectivity index (χ4v) is 8.34. The number of rotatable bonds is 3. The monoisotopic (exact) mass is 665 g/mol. The first-order valence-electron chi connectivity index (χ1n) is 17.6. The van der Waals surface area contributed by atoms with Gasteiger partial charge in [0.15, 0.2) is 0 Å². The molecule has 4 nitrogen and oxygen atoms in total. The predicted octanol–water partition coefficient (Wildman–Crippen LogP) is 13.8. The molecule has 4 heterocycles. The summed E-state index contributed by atoms with van der Waals surface area (Å²) in [6.45, 7) is 0. The highest BCUT2D eigenvalue weighted by molar-refractivity contribution is 6.16. The van der Waals surface area contributed by atoms with Gasteiger partial charge in [-0.1, -0.05) is 84.9 Å². The summed E-state index contributed by atoms with van der Waals surface area (Å²) in [6, 6.07) is 57.8. The average molecular weight is 666 g/mol. The normalized spacial score (nSPS) is 12.2. The number of para-hydroxylation sites is 3. The van der Waals surface area contributed by atoms with Crippen LogP contribution in [-0.4, -0.2) is 4.57 Å². The second-order valence-corrected chi connectivity index (χ2v) is 13.7. The van der Waals surface area contributed by atoms with Crippen molar-refractivity contribution >= 4 is 87.6 Å². The molecule has 0 saturated heterocycles. The fraction of sp³-hybridized carbons (Fsp3) is 0. The van der Waals surface area contributed by atoms with E-state index >= 15 is 0 Å². The van der Waals surface area contributed by atoms with E-state index in [1.165, 1.54) is 21.8 Å². The molecule has 0 aliphatic carbocycles. The summed E-state index contributed by atoms with van der Waals surface area (Å²) in [6.07, 6.45) is 0. The van der Waals surface area contributed by atoms with Crippen molar-refractivity contribution < 1.29 is 13.3 Å². The largest absolute Gasteiger partial charge is 0.456 e. The van der Waals surface area contributed by atoms with Crippen LogP contribution in [0.3, 0.4) is 0 Å². The summed E-state index contributed by atoms with van der Waals surface area (Å²) < 4.78 is 21.4. The molecule has 0 spiro atoms. The van der Waals surface area contributed by atoms with Gasteiger partial charge in [-0.15, -0.1) is 0 Å². The number of hydrogen-bond acceptors (Lipinski definition) is 3. The minimum Gasteiger partial charge on any atom is -0.456 e. The Bertz CT molecular complexity index is 3370. The van der Waals surface area contributed by atoms with Crippen LogP contribution in [-0.2, 0) is 0 Å². The van der Waals surface area contributed by atoms with Gasteiger partial charge in [-0.3, -0.25) is 0 Å². The average Bonchev–Trinajstić information content (AvgIpc) is 3.95. The van der Waals surface area contributed by atoms with Crippen LogP contribution in [0.15, 0.2) is 177 Å². The third kappa shape index (κ3) is 3.92. The van der Waals surface area contributed by atoms with Crippen LogP contribution in [0, 0.1) is 0 Å². The van der Waals surface area contributed by atoms with Crippen molar-refractivity contribution in [3.05, 3.63) is 164 Å². The summed E-state index contributed by atoms with van der Waals surface area (Å²) >= 11 is 0. The maximum absolute atomic E-state index is 6.50. The first-order chi connectivity index (χ1) is 25.7. The van der Waals surface area contributed by atoms with Gasteiger partial charge in [-0.2, -0.15) is 0 Å². The zero-order valence-electron chi connectivity index (χ0n) is 27.8. The molecule has 12 rings (SSSR count). The van der Waals surface area contributed by atoms with Crippen molar-refractivity contribution in [1.29, 1.82) is 0 Å². The van der Waals surface area contributed by atoms with Crippen LogP contribution in [0.25, 0.3) is 116 Å². The molecular weight excluding hydrogens is 639 g/mol. The number of hydrogen-bond donors (Lipinski definition) is 0. The number of aromatic nitrogens is 1. The molecule has 0 saturated carbocycles. The topological polar surface area (TPSA) is 44.4 Å². The van der Waals surface area contributed by atoms with E-state index in [2.05, 4.69) is 156 Å². The smallest absolute Gasteiger partial charge is 0.136 e. The molecule has 12 aromatic rings. The first-order valence-corrected chi connectivity index (χ1v) is 17.6. The number of benzene rings is 8. The van der Waals surface area contributed by atoms with Crippen molar-refractivity contribution in [2.75, 3.05) is 0 Å². The second kappa shape index (κ2) is 10.3. The Morgan fingerprint density at radius 1 is 0.269 bits per heavy atom. The molecule has 0 radical (unpaired) electrons. The van der Waals surface area contributed by atoms with E-state index in [0.717, 1.165) is 93.8 Å². The van der Waals surface area contributed by atoms with Crippen molar-refractivity contribution in [3.8, 4) is 27.9 Å². The Morgan fingerprint density at radius 3 is 1.35 bits per heavy atom. The van der Waals surface area contributed by atoms with E-state index in [9.17, 15) is 0 Å². The molecule has 0 aliphatic rings. The van der Waals surface area contributed by atoms with Gasteiger partial charge in [0.1, 0.15) is 33.5 Å². The predicted molar refractivity (Wildman–Crippen MR) is 213 cm³/mol. The van der Waals surface area contributed by atoms with Crippen LogP contribution in [0.1, 0.15) is 0 Å². The molecule has 0 aliphatic heterocycles. The van der Waals surface area contributed by atoms with E-state index < -0.39 is 0 Å². The molecule has 0 unspecified atom stereocenters. The Kier molecular flexibility index (Phi) is 5.47. The number of nitrogens with zero attached hydrogens (tertiary/aromatic N) is 1. The Morgan fingerprint density at radius 2 is 0.712 bits per heavy atom. The van der Waals surface area contributed by atoms with E-state index in [0.29, 0.717) is 0 Å². The maximum atomic E-state index is 6.50. The zero-order valence-corrected chi connectivity index (χ0v) is 27.8. The van der Waals surface area contributed by atoms with Crippen LogP contribution >= 0.6 is 0 Å². The summed E-state index contributed by atoms with van der Waals surface area (Å²) in [5, 5.41) is 8.97. The quantitative estimate of drug-likeness (QED) is 0.189. The molecule has 0 fully saturated rings. The van der Waals surface area contributed by atoms with Gasteiger partial charge in [0.05, 0.1) is 11.0 Å². The number of furan rings is 3. The van der Waals surface area contributed by atoms with Gasteiger partial charge in [-0.05, 0) is 101 Å². The molecule has 0 N–H and O–H groups in total. The summed E-state index contributed by atoms with van der Waals surface area (Å²) in [5.74, 6) is 0. The summed E-state index contributed by atoms with van der Waals surface area (Å²) in [4.78, 5) is 0. The highest BCUT2D eigenvalue weighted by Gasteiger charge is 2.17. The lowest BCUT2D eigenvalue weighted by Crippen LogP contribution is -1.93. The van der Waals surface area contributed by atoms with Crippen molar-refractivity contribution in [2.45, 2.75) is 0 Å². The van der Waals surface area contributed by atoms with Crippen molar-refractivity contribution in [2.24, 2.45) is 0 Å². The maximum Gasteiger partial charge on any atom is 0.136 e. The van der Waals surface area contributed by atoms with Gasteiger partial charge >= 0.3 is 0 Å². The standard InChI is InChI=1S/C48H27NO3/c1-4-13-41-33(10-1)34-11-2-5-14-42(34)49(41)32-18-21-46-38(25-32)40-27-47-39(26-48(40)52-46)37-24-31(17-20-45(37)51-47)29-9-7-8-28(22-29)30-16-19-44-36(23-30)35-12-3-6-15-43(35)50-44/h1-27H. The molecule has 0 atom stereocenters. The molecule has 242 valence electrons. The Hall–Kier alpha value is -7.04. The Balaban J connectivity index is 0.970. The highest BCUT2D eigenvalue weighted by atomic mass is 16.3. The van der Waals surface area contributed by atoms with E-state index in [4.69, 9.17) is 13.3 Å². The lowest BCUT2D eigenvalue weighted by atomic mass is 9.97. The van der Waals surface area contributed by atoms with Gasteiger partial charge < -0.3 is 17.8 Å². The van der Waals surface area contributed by atoms with Crippen LogP contribution in [0.5, 0.6) is 0 Å². The van der Waals surface area contributed by atoms with Crippen molar-refractivity contribution in [1.82, 2.24) is 4.57 Å². The molecule has 4 aromatic heterocycles. The second-order valence-electron chi connectivity index (χ2n) is 13.7. The lowest BCUT2D eigenvalue weighted by molar-refractivity contribution is 0.664. The van der Waals surface area contributed by atoms with Gasteiger partial charge in [0.25, 0.3) is 0 Å². The molecule has 52 heavy (non-hydrogen) atoms. The highest BCUT2D eigenvalue weighted by Crippen LogP contribution is 2.40. The van der Waals surface area contributed by atoms with Crippen molar-refractivity contribution in [3.63, 3.8) is 0 Å². The molecule has 0 amide bonds. The number of fused-ring (bicyclic) bond motifs is 12. The molecule has 4 heteroatoms.